The van der Waals surface area contributed by atoms with Gasteiger partial charge in [0.05, 0.1) is 13.5 Å². The summed E-state index contributed by atoms with van der Waals surface area (Å²) in [6.45, 7) is -0.0248. The summed E-state index contributed by atoms with van der Waals surface area (Å²) in [5.74, 6) is -0.660. The van der Waals surface area contributed by atoms with Crippen LogP contribution in [0.15, 0.2) is 18.3 Å². The highest BCUT2D eigenvalue weighted by atomic mass is 32.2. The van der Waals surface area contributed by atoms with E-state index < -0.39 is 16.2 Å². The van der Waals surface area contributed by atoms with E-state index in [0.29, 0.717) is 11.4 Å². The number of rotatable bonds is 8. The van der Waals surface area contributed by atoms with Gasteiger partial charge in [0.15, 0.2) is 0 Å². The summed E-state index contributed by atoms with van der Waals surface area (Å²) in [7, 11) is -0.929. The summed E-state index contributed by atoms with van der Waals surface area (Å²) in [6.07, 6.45) is 1.26. The lowest BCUT2D eigenvalue weighted by Gasteiger charge is -2.16. The number of nitrogens with zero attached hydrogens (tertiary/aromatic N) is 2. The monoisotopic (exact) mass is 303 g/mol. The lowest BCUT2D eigenvalue weighted by molar-refractivity contribution is -0.137. The standard InChI is InChI=1S/C11H17N3O5S/c1-14(6-4-11(15)16)20(17,18)13-8-9-3-5-12-10(7-9)19-2/h3,5,7,13H,4,6,8H2,1-2H3,(H,15,16). The lowest BCUT2D eigenvalue weighted by Crippen LogP contribution is -2.38. The number of nitrogens with one attached hydrogen (secondary N) is 1. The average molecular weight is 303 g/mol. The smallest absolute Gasteiger partial charge is 0.304 e. The molecule has 0 spiro atoms. The van der Waals surface area contributed by atoms with Crippen LogP contribution in [0.25, 0.3) is 0 Å². The van der Waals surface area contributed by atoms with E-state index >= 15 is 0 Å². The van der Waals surface area contributed by atoms with Crippen molar-refractivity contribution in [3.8, 4) is 5.88 Å². The van der Waals surface area contributed by atoms with Crippen molar-refractivity contribution in [2.45, 2.75) is 13.0 Å². The van der Waals surface area contributed by atoms with E-state index in [0.717, 1.165) is 4.31 Å². The number of hydrogen-bond donors (Lipinski definition) is 2. The molecule has 0 aromatic carbocycles. The summed E-state index contributed by atoms with van der Waals surface area (Å²) in [5.41, 5.74) is 0.687. The van der Waals surface area contributed by atoms with Crippen LogP contribution in [0.3, 0.4) is 0 Å². The van der Waals surface area contributed by atoms with E-state index in [2.05, 4.69) is 9.71 Å². The number of hydrogen-bond acceptors (Lipinski definition) is 5. The molecule has 1 heterocycles. The maximum atomic E-state index is 11.8. The second kappa shape index (κ2) is 7.17. The van der Waals surface area contributed by atoms with Crippen LogP contribution in [0.4, 0.5) is 0 Å². The lowest BCUT2D eigenvalue weighted by atomic mass is 10.3. The van der Waals surface area contributed by atoms with Gasteiger partial charge < -0.3 is 9.84 Å². The van der Waals surface area contributed by atoms with Crippen LogP contribution in [0.2, 0.25) is 0 Å². The van der Waals surface area contributed by atoms with E-state index in [9.17, 15) is 13.2 Å². The molecule has 0 aliphatic carbocycles. The molecule has 2 N–H and O–H groups in total. The first-order valence-electron chi connectivity index (χ1n) is 5.77. The van der Waals surface area contributed by atoms with Gasteiger partial charge >= 0.3 is 5.97 Å². The Labute approximate surface area is 117 Å². The number of carbonyl (C=O) groups is 1. The summed E-state index contributed by atoms with van der Waals surface area (Å²) >= 11 is 0. The number of carboxylic acids is 1. The molecule has 1 aromatic heterocycles. The zero-order valence-electron chi connectivity index (χ0n) is 11.2. The SMILES string of the molecule is COc1cc(CNS(=O)(=O)N(C)CCC(=O)O)ccn1. The minimum absolute atomic E-state index is 0.0681. The summed E-state index contributed by atoms with van der Waals surface area (Å²) in [5, 5.41) is 8.53. The van der Waals surface area contributed by atoms with E-state index in [1.807, 2.05) is 0 Å². The fourth-order valence-electron chi connectivity index (χ4n) is 1.33. The quantitative estimate of drug-likeness (QED) is 0.690. The number of pyridine rings is 1. The minimum atomic E-state index is -3.71. The van der Waals surface area contributed by atoms with Crippen LogP contribution in [0.5, 0.6) is 5.88 Å². The maximum absolute atomic E-state index is 11.8. The third kappa shape index (κ3) is 5.11. The Morgan fingerprint density at radius 2 is 2.25 bits per heavy atom. The number of carboxylic acid groups (broad SMARTS) is 1. The van der Waals surface area contributed by atoms with Crippen molar-refractivity contribution in [3.05, 3.63) is 23.9 Å². The Hall–Kier alpha value is -1.71. The molecule has 0 bridgehead atoms. The van der Waals surface area contributed by atoms with Gasteiger partial charge in [-0.2, -0.15) is 17.4 Å². The molecule has 0 fully saturated rings. The zero-order chi connectivity index (χ0) is 15.2. The molecule has 9 heteroatoms. The van der Waals surface area contributed by atoms with E-state index in [1.54, 1.807) is 12.1 Å². The van der Waals surface area contributed by atoms with Crippen molar-refractivity contribution in [2.24, 2.45) is 0 Å². The van der Waals surface area contributed by atoms with Crippen molar-refractivity contribution in [2.75, 3.05) is 20.7 Å². The van der Waals surface area contributed by atoms with Crippen LogP contribution >= 0.6 is 0 Å². The first-order valence-corrected chi connectivity index (χ1v) is 7.21. The Morgan fingerprint density at radius 1 is 1.55 bits per heavy atom. The zero-order valence-corrected chi connectivity index (χ0v) is 12.1. The molecule has 8 nitrogen and oxygen atoms in total. The van der Waals surface area contributed by atoms with Crippen molar-refractivity contribution < 1.29 is 23.1 Å². The number of aromatic nitrogens is 1. The predicted molar refractivity (Wildman–Crippen MR) is 71.4 cm³/mol. The Kier molecular flexibility index (Phi) is 5.86. The van der Waals surface area contributed by atoms with Gasteiger partial charge in [-0.15, -0.1) is 0 Å². The van der Waals surface area contributed by atoms with Crippen molar-refractivity contribution in [3.63, 3.8) is 0 Å². The molecule has 1 aromatic rings. The van der Waals surface area contributed by atoms with Gasteiger partial charge in [0.2, 0.25) is 5.88 Å². The third-order valence-corrected chi connectivity index (χ3v) is 4.03. The summed E-state index contributed by atoms with van der Waals surface area (Å²) < 4.78 is 32.0. The molecule has 112 valence electrons. The molecule has 0 unspecified atom stereocenters. The van der Waals surface area contributed by atoms with Gasteiger partial charge in [0.1, 0.15) is 0 Å². The van der Waals surface area contributed by atoms with Crippen LogP contribution in [0.1, 0.15) is 12.0 Å². The highest BCUT2D eigenvalue weighted by molar-refractivity contribution is 7.87. The van der Waals surface area contributed by atoms with Crippen molar-refractivity contribution in [1.82, 2.24) is 14.0 Å². The molecule has 1 rings (SSSR count). The van der Waals surface area contributed by atoms with Gasteiger partial charge in [-0.1, -0.05) is 0 Å². The fourth-order valence-corrected chi connectivity index (χ4v) is 2.23. The first kappa shape index (κ1) is 16.3. The number of aliphatic carboxylic acids is 1. The Bertz CT molecular complexity index is 561. The molecule has 0 saturated carbocycles. The fraction of sp³-hybridized carbons (Fsp3) is 0.455. The second-order valence-corrected chi connectivity index (χ2v) is 5.86. The highest BCUT2D eigenvalue weighted by Crippen LogP contribution is 2.09. The second-order valence-electron chi connectivity index (χ2n) is 4.00. The summed E-state index contributed by atoms with van der Waals surface area (Å²) in [4.78, 5) is 14.3. The van der Waals surface area contributed by atoms with E-state index in [-0.39, 0.29) is 19.5 Å². The normalized spacial score (nSPS) is 11.6. The van der Waals surface area contributed by atoms with Gasteiger partial charge in [-0.25, -0.2) is 4.98 Å². The third-order valence-electron chi connectivity index (χ3n) is 2.52. The van der Waals surface area contributed by atoms with Gasteiger partial charge in [0.25, 0.3) is 10.2 Å². The number of ether oxygens (including phenoxy) is 1. The maximum Gasteiger partial charge on any atom is 0.304 e. The van der Waals surface area contributed by atoms with Crippen LogP contribution < -0.4 is 9.46 Å². The topological polar surface area (TPSA) is 109 Å². The predicted octanol–water partition coefficient (Wildman–Crippen LogP) is -0.169. The molecular weight excluding hydrogens is 286 g/mol. The van der Waals surface area contributed by atoms with Crippen molar-refractivity contribution in [1.29, 1.82) is 0 Å². The van der Waals surface area contributed by atoms with E-state index in [1.165, 1.54) is 20.4 Å². The Morgan fingerprint density at radius 3 is 2.85 bits per heavy atom. The molecule has 0 radical (unpaired) electrons. The van der Waals surface area contributed by atoms with Crippen molar-refractivity contribution >= 4 is 16.2 Å². The van der Waals surface area contributed by atoms with E-state index in [4.69, 9.17) is 9.84 Å². The van der Waals surface area contributed by atoms with Gasteiger partial charge in [-0.3, -0.25) is 4.79 Å². The Balaban J connectivity index is 2.60. The molecule has 20 heavy (non-hydrogen) atoms. The van der Waals surface area contributed by atoms with Crippen LogP contribution in [0, 0.1) is 0 Å². The van der Waals surface area contributed by atoms with Gasteiger partial charge in [-0.05, 0) is 11.6 Å². The molecule has 0 atom stereocenters. The molecular formula is C11H17N3O5S. The van der Waals surface area contributed by atoms with Crippen LogP contribution in [-0.2, 0) is 21.5 Å². The number of methoxy groups -OCH3 is 1. The molecule has 0 aliphatic rings. The molecule has 0 amide bonds. The highest BCUT2D eigenvalue weighted by Gasteiger charge is 2.17. The summed E-state index contributed by atoms with van der Waals surface area (Å²) in [6, 6.07) is 3.27. The molecule has 0 aliphatic heterocycles. The minimum Gasteiger partial charge on any atom is -0.481 e. The molecule has 0 saturated heterocycles. The largest absolute Gasteiger partial charge is 0.481 e. The average Bonchev–Trinajstić information content (AvgIpc) is 2.42. The first-order chi connectivity index (χ1) is 9.35. The van der Waals surface area contributed by atoms with Crippen LogP contribution in [-0.4, -0.2) is 49.5 Å². The van der Waals surface area contributed by atoms with Gasteiger partial charge in [0, 0.05) is 32.4 Å².